The van der Waals surface area contributed by atoms with E-state index in [1.807, 2.05) is 30.3 Å². The maximum atomic E-state index is 13.9. The number of hydrogen-bond acceptors (Lipinski definition) is 5. The molecule has 9 heteroatoms. The van der Waals surface area contributed by atoms with Gasteiger partial charge in [-0.05, 0) is 61.7 Å². The van der Waals surface area contributed by atoms with Gasteiger partial charge in [0.05, 0.1) is 17.7 Å². The maximum absolute atomic E-state index is 13.9. The van der Waals surface area contributed by atoms with E-state index in [-0.39, 0.29) is 23.4 Å². The first kappa shape index (κ1) is 28.2. The number of nitrogens with one attached hydrogen (secondary N) is 1. The van der Waals surface area contributed by atoms with Crippen LogP contribution < -0.4 is 14.4 Å². The first-order chi connectivity index (χ1) is 18.8. The molecule has 3 aromatic carbocycles. The number of benzene rings is 3. The number of amides is 2. The minimum absolute atomic E-state index is 0.0292. The van der Waals surface area contributed by atoms with Crippen LogP contribution in [0.25, 0.3) is 0 Å². The van der Waals surface area contributed by atoms with Crippen LogP contribution in [-0.2, 0) is 26.2 Å². The van der Waals surface area contributed by atoms with Gasteiger partial charge >= 0.3 is 0 Å². The lowest BCUT2D eigenvalue weighted by molar-refractivity contribution is -0.139. The Balaban J connectivity index is 1.65. The van der Waals surface area contributed by atoms with Gasteiger partial charge in [0.15, 0.2) is 0 Å². The molecule has 4 rings (SSSR count). The van der Waals surface area contributed by atoms with Crippen molar-refractivity contribution in [1.29, 1.82) is 0 Å². The number of anilines is 1. The summed E-state index contributed by atoms with van der Waals surface area (Å²) in [7, 11) is -2.61. The van der Waals surface area contributed by atoms with Gasteiger partial charge in [-0.25, -0.2) is 8.42 Å². The molecule has 0 unspecified atom stereocenters. The molecule has 0 aromatic heterocycles. The maximum Gasteiger partial charge on any atom is 0.264 e. The Morgan fingerprint density at radius 1 is 0.923 bits per heavy atom. The Morgan fingerprint density at radius 3 is 2.10 bits per heavy atom. The number of rotatable bonds is 11. The van der Waals surface area contributed by atoms with Crippen LogP contribution in [0, 0.1) is 0 Å². The predicted octanol–water partition coefficient (Wildman–Crippen LogP) is 4.37. The summed E-state index contributed by atoms with van der Waals surface area (Å²) in [6.45, 7) is 1.40. The van der Waals surface area contributed by atoms with Crippen molar-refractivity contribution in [2.75, 3.05) is 18.0 Å². The minimum atomic E-state index is -4.12. The van der Waals surface area contributed by atoms with Crippen molar-refractivity contribution in [1.82, 2.24) is 10.2 Å². The topological polar surface area (TPSA) is 96.0 Å². The fourth-order valence-electron chi connectivity index (χ4n) is 4.75. The summed E-state index contributed by atoms with van der Waals surface area (Å²) < 4.78 is 33.9. The Labute approximate surface area is 230 Å². The Morgan fingerprint density at radius 2 is 1.51 bits per heavy atom. The van der Waals surface area contributed by atoms with E-state index >= 15 is 0 Å². The molecule has 1 aliphatic carbocycles. The highest BCUT2D eigenvalue weighted by molar-refractivity contribution is 7.92. The molecule has 0 saturated heterocycles. The molecule has 39 heavy (non-hydrogen) atoms. The summed E-state index contributed by atoms with van der Waals surface area (Å²) in [5, 5.41) is 3.08. The van der Waals surface area contributed by atoms with Crippen LogP contribution in [-0.4, -0.2) is 50.9 Å². The Kier molecular flexibility index (Phi) is 9.24. The number of carbonyl (C=O) groups is 2. The zero-order valence-electron chi connectivity index (χ0n) is 22.3. The minimum Gasteiger partial charge on any atom is -0.497 e. The molecule has 206 valence electrons. The van der Waals surface area contributed by atoms with Crippen LogP contribution in [0.2, 0.25) is 0 Å². The second-order valence-corrected chi connectivity index (χ2v) is 11.6. The number of carbonyl (C=O) groups excluding carboxylic acids is 2. The SMILES string of the molecule is COc1ccc(S(=O)(=O)N(CC(=O)N(Cc2ccccc2)[C@H](C)C(=O)NC2CCCC2)c2ccccc2)cc1. The van der Waals surface area contributed by atoms with Gasteiger partial charge in [0.25, 0.3) is 10.0 Å². The average molecular weight is 550 g/mol. The molecular formula is C30H35N3O5S. The molecule has 0 spiro atoms. The molecule has 1 N–H and O–H groups in total. The monoisotopic (exact) mass is 549 g/mol. The highest BCUT2D eigenvalue weighted by Gasteiger charge is 2.33. The van der Waals surface area contributed by atoms with Gasteiger partial charge in [0.1, 0.15) is 18.3 Å². The lowest BCUT2D eigenvalue weighted by Gasteiger charge is -2.32. The second kappa shape index (κ2) is 12.8. The molecule has 1 atom stereocenters. The lowest BCUT2D eigenvalue weighted by Crippen LogP contribution is -2.52. The van der Waals surface area contributed by atoms with Crippen molar-refractivity contribution in [3.05, 3.63) is 90.5 Å². The zero-order valence-corrected chi connectivity index (χ0v) is 23.1. The van der Waals surface area contributed by atoms with Crippen LogP contribution >= 0.6 is 0 Å². The van der Waals surface area contributed by atoms with Gasteiger partial charge in [0.2, 0.25) is 11.8 Å². The van der Waals surface area contributed by atoms with E-state index in [1.54, 1.807) is 49.4 Å². The second-order valence-electron chi connectivity index (χ2n) is 9.70. The van der Waals surface area contributed by atoms with Gasteiger partial charge in [-0.15, -0.1) is 0 Å². The number of methoxy groups -OCH3 is 1. The summed E-state index contributed by atoms with van der Waals surface area (Å²) in [5.74, 6) is -0.197. The van der Waals surface area contributed by atoms with E-state index < -0.39 is 28.5 Å². The Bertz CT molecular complexity index is 1340. The van der Waals surface area contributed by atoms with E-state index in [1.165, 1.54) is 24.1 Å². The van der Waals surface area contributed by atoms with E-state index in [4.69, 9.17) is 4.74 Å². The number of sulfonamides is 1. The van der Waals surface area contributed by atoms with Gasteiger partial charge in [-0.3, -0.25) is 13.9 Å². The first-order valence-electron chi connectivity index (χ1n) is 13.1. The number of hydrogen-bond donors (Lipinski definition) is 1. The van der Waals surface area contributed by atoms with Gasteiger partial charge in [0, 0.05) is 12.6 Å². The summed E-state index contributed by atoms with van der Waals surface area (Å²) in [6, 6.07) is 23.2. The van der Waals surface area contributed by atoms with E-state index in [9.17, 15) is 18.0 Å². The molecule has 2 amide bonds. The van der Waals surface area contributed by atoms with Crippen molar-refractivity contribution < 1.29 is 22.7 Å². The van der Waals surface area contributed by atoms with Crippen LogP contribution in [0.1, 0.15) is 38.2 Å². The molecule has 0 radical (unpaired) electrons. The number of para-hydroxylation sites is 1. The van der Waals surface area contributed by atoms with Gasteiger partial charge in [-0.1, -0.05) is 61.4 Å². The molecule has 0 heterocycles. The molecule has 1 aliphatic rings. The van der Waals surface area contributed by atoms with Crippen molar-refractivity contribution in [2.45, 2.75) is 56.1 Å². The van der Waals surface area contributed by atoms with Crippen molar-refractivity contribution >= 4 is 27.5 Å². The normalized spacial score (nSPS) is 14.4. The standard InChI is InChI=1S/C30H35N3O5S/c1-23(30(35)31-25-13-9-10-14-25)32(21-24-11-5-3-6-12-24)29(34)22-33(26-15-7-4-8-16-26)39(36,37)28-19-17-27(38-2)18-20-28/h3-8,11-12,15-20,23,25H,9-10,13-14,21-22H2,1-2H3,(H,31,35)/t23-/m1/s1. The highest BCUT2D eigenvalue weighted by atomic mass is 32.2. The van der Waals surface area contributed by atoms with E-state index in [0.29, 0.717) is 11.4 Å². The zero-order chi connectivity index (χ0) is 27.8. The largest absolute Gasteiger partial charge is 0.497 e. The lowest BCUT2D eigenvalue weighted by atomic mass is 10.1. The third-order valence-electron chi connectivity index (χ3n) is 7.04. The number of ether oxygens (including phenoxy) is 1. The van der Waals surface area contributed by atoms with E-state index in [2.05, 4.69) is 5.32 Å². The van der Waals surface area contributed by atoms with Crippen molar-refractivity contribution in [2.24, 2.45) is 0 Å². The van der Waals surface area contributed by atoms with Crippen molar-refractivity contribution in [3.8, 4) is 5.75 Å². The predicted molar refractivity (Wildman–Crippen MR) is 151 cm³/mol. The highest BCUT2D eigenvalue weighted by Crippen LogP contribution is 2.26. The average Bonchev–Trinajstić information content (AvgIpc) is 3.48. The molecular weight excluding hydrogens is 514 g/mol. The molecule has 0 bridgehead atoms. The van der Waals surface area contributed by atoms with Gasteiger partial charge < -0.3 is 15.0 Å². The summed E-state index contributed by atoms with van der Waals surface area (Å²) in [6.07, 6.45) is 3.99. The summed E-state index contributed by atoms with van der Waals surface area (Å²) >= 11 is 0. The molecule has 3 aromatic rings. The smallest absolute Gasteiger partial charge is 0.264 e. The first-order valence-corrected chi connectivity index (χ1v) is 14.6. The van der Waals surface area contributed by atoms with Crippen LogP contribution in [0.4, 0.5) is 5.69 Å². The number of nitrogens with zero attached hydrogens (tertiary/aromatic N) is 2. The molecule has 1 saturated carbocycles. The molecule has 0 aliphatic heterocycles. The Hall–Kier alpha value is -3.85. The third kappa shape index (κ3) is 6.97. The van der Waals surface area contributed by atoms with Crippen LogP contribution in [0.5, 0.6) is 5.75 Å². The van der Waals surface area contributed by atoms with E-state index in [0.717, 1.165) is 35.6 Å². The van der Waals surface area contributed by atoms with Gasteiger partial charge in [-0.2, -0.15) is 0 Å². The van der Waals surface area contributed by atoms with Crippen molar-refractivity contribution in [3.63, 3.8) is 0 Å². The molecule has 8 nitrogen and oxygen atoms in total. The summed E-state index contributed by atoms with van der Waals surface area (Å²) in [4.78, 5) is 28.6. The summed E-state index contributed by atoms with van der Waals surface area (Å²) in [5.41, 5.74) is 1.19. The molecule has 1 fully saturated rings. The fraction of sp³-hybridized carbons (Fsp3) is 0.333. The van der Waals surface area contributed by atoms with Crippen LogP contribution in [0.15, 0.2) is 89.8 Å². The van der Waals surface area contributed by atoms with Crippen LogP contribution in [0.3, 0.4) is 0 Å². The quantitative estimate of drug-likeness (QED) is 0.383. The fourth-order valence-corrected chi connectivity index (χ4v) is 6.17. The third-order valence-corrected chi connectivity index (χ3v) is 8.82.